The number of hydrogen-bond donors (Lipinski definition) is 3. The van der Waals surface area contributed by atoms with E-state index in [2.05, 4.69) is 55.6 Å². The third-order valence-corrected chi connectivity index (χ3v) is 12.8. The van der Waals surface area contributed by atoms with Gasteiger partial charge in [0.05, 0.1) is 25.4 Å². The van der Waals surface area contributed by atoms with Gasteiger partial charge in [0.1, 0.15) is 0 Å². The van der Waals surface area contributed by atoms with E-state index in [0.717, 1.165) is 64.2 Å². The van der Waals surface area contributed by atoms with Gasteiger partial charge in [0.25, 0.3) is 0 Å². The summed E-state index contributed by atoms with van der Waals surface area (Å²) in [7, 11) is 0. The van der Waals surface area contributed by atoms with Crippen molar-refractivity contribution < 1.29 is 24.5 Å². The first-order valence-corrected chi connectivity index (χ1v) is 28.4. The molecular formula is C59H109NO5. The maximum Gasteiger partial charge on any atom is 0.305 e. The summed E-state index contributed by atoms with van der Waals surface area (Å²) in [5.41, 5.74) is 0. The van der Waals surface area contributed by atoms with Gasteiger partial charge in [-0.25, -0.2) is 0 Å². The standard InChI is InChI=1S/C59H109NO5/c1-3-5-7-9-11-13-15-16-17-18-23-26-29-33-37-41-45-49-53-59(64)65-54-50-46-42-38-34-30-27-24-21-19-20-22-25-28-32-36-40-44-48-52-58(63)60-56(55-61)57(62)51-47-43-39-35-31-14-12-10-8-6-4-2/h13,15,17-20,47,51,56-57,61-62H,3-12,14,16,21-46,48-50,52-55H2,1-2H3,(H,60,63)/b15-13-,18-17-,20-19-,51-47+. The molecule has 1 amide bonds. The van der Waals surface area contributed by atoms with Gasteiger partial charge in [-0.3, -0.25) is 9.59 Å². The van der Waals surface area contributed by atoms with Gasteiger partial charge in [-0.15, -0.1) is 0 Å². The molecule has 0 bridgehead atoms. The maximum atomic E-state index is 12.4. The van der Waals surface area contributed by atoms with Crippen LogP contribution in [0, 0.1) is 0 Å². The molecular weight excluding hydrogens is 803 g/mol. The number of allylic oxidation sites excluding steroid dienone is 7. The first-order chi connectivity index (χ1) is 32.0. The molecule has 0 rings (SSSR count). The molecule has 0 aromatic carbocycles. The van der Waals surface area contributed by atoms with E-state index in [0.29, 0.717) is 19.4 Å². The number of carbonyl (C=O) groups is 2. The lowest BCUT2D eigenvalue weighted by molar-refractivity contribution is -0.143. The predicted molar refractivity (Wildman–Crippen MR) is 282 cm³/mol. The van der Waals surface area contributed by atoms with Crippen molar-refractivity contribution in [1.29, 1.82) is 0 Å². The Balaban J connectivity index is 3.45. The molecule has 6 heteroatoms. The van der Waals surface area contributed by atoms with Gasteiger partial charge >= 0.3 is 5.97 Å². The number of rotatable bonds is 52. The number of unbranched alkanes of at least 4 members (excludes halogenated alkanes) is 35. The molecule has 0 heterocycles. The Kier molecular flexibility index (Phi) is 52.6. The highest BCUT2D eigenvalue weighted by atomic mass is 16.5. The summed E-state index contributed by atoms with van der Waals surface area (Å²) in [6, 6.07) is -0.634. The average molecular weight is 913 g/mol. The normalized spacial score (nSPS) is 13.0. The number of nitrogens with one attached hydrogen (secondary N) is 1. The summed E-state index contributed by atoms with van der Waals surface area (Å²) in [5, 5.41) is 23.0. The molecule has 0 saturated carbocycles. The highest BCUT2D eigenvalue weighted by Crippen LogP contribution is 2.15. The molecule has 380 valence electrons. The van der Waals surface area contributed by atoms with E-state index in [1.807, 2.05) is 6.08 Å². The monoisotopic (exact) mass is 912 g/mol. The summed E-state index contributed by atoms with van der Waals surface area (Å²) >= 11 is 0. The van der Waals surface area contributed by atoms with Crippen molar-refractivity contribution in [1.82, 2.24) is 5.32 Å². The Morgan fingerprint density at radius 3 is 1.20 bits per heavy atom. The predicted octanol–water partition coefficient (Wildman–Crippen LogP) is 17.4. The molecule has 3 N–H and O–H groups in total. The molecule has 0 saturated heterocycles. The van der Waals surface area contributed by atoms with Crippen LogP contribution in [0.4, 0.5) is 0 Å². The van der Waals surface area contributed by atoms with Crippen molar-refractivity contribution in [3.8, 4) is 0 Å². The van der Waals surface area contributed by atoms with Crippen molar-refractivity contribution in [3.05, 3.63) is 48.6 Å². The zero-order valence-electron chi connectivity index (χ0n) is 43.2. The molecule has 6 nitrogen and oxygen atoms in total. The quantitative estimate of drug-likeness (QED) is 0.0321. The van der Waals surface area contributed by atoms with Crippen LogP contribution in [0.15, 0.2) is 48.6 Å². The highest BCUT2D eigenvalue weighted by molar-refractivity contribution is 5.76. The number of aliphatic hydroxyl groups is 2. The number of esters is 1. The fourth-order valence-corrected chi connectivity index (χ4v) is 8.42. The minimum Gasteiger partial charge on any atom is -0.466 e. The van der Waals surface area contributed by atoms with Crippen LogP contribution in [0.25, 0.3) is 0 Å². The molecule has 0 aliphatic rings. The van der Waals surface area contributed by atoms with Crippen molar-refractivity contribution in [2.45, 2.75) is 302 Å². The Morgan fingerprint density at radius 1 is 0.431 bits per heavy atom. The van der Waals surface area contributed by atoms with E-state index in [9.17, 15) is 19.8 Å². The summed E-state index contributed by atoms with van der Waals surface area (Å²) in [6.45, 7) is 4.85. The lowest BCUT2D eigenvalue weighted by Crippen LogP contribution is -2.45. The van der Waals surface area contributed by atoms with Crippen LogP contribution in [0.2, 0.25) is 0 Å². The lowest BCUT2D eigenvalue weighted by atomic mass is 10.1. The molecule has 0 aromatic rings. The Labute approximate surface area is 404 Å². The highest BCUT2D eigenvalue weighted by Gasteiger charge is 2.18. The second-order valence-electron chi connectivity index (χ2n) is 19.3. The molecule has 2 unspecified atom stereocenters. The van der Waals surface area contributed by atoms with E-state index in [1.54, 1.807) is 6.08 Å². The third-order valence-electron chi connectivity index (χ3n) is 12.8. The smallest absolute Gasteiger partial charge is 0.305 e. The molecule has 2 atom stereocenters. The summed E-state index contributed by atoms with van der Waals surface area (Å²) in [4.78, 5) is 24.5. The van der Waals surface area contributed by atoms with Crippen molar-refractivity contribution in [2.24, 2.45) is 0 Å². The summed E-state index contributed by atoms with van der Waals surface area (Å²) < 4.78 is 5.48. The Bertz CT molecular complexity index is 1100. The minimum absolute atomic E-state index is 0.00489. The van der Waals surface area contributed by atoms with E-state index in [4.69, 9.17) is 4.74 Å². The topological polar surface area (TPSA) is 95.9 Å². The van der Waals surface area contributed by atoms with Crippen LogP contribution < -0.4 is 5.32 Å². The fourth-order valence-electron chi connectivity index (χ4n) is 8.42. The van der Waals surface area contributed by atoms with Gasteiger partial charge < -0.3 is 20.3 Å². The Morgan fingerprint density at radius 2 is 0.769 bits per heavy atom. The number of amides is 1. The lowest BCUT2D eigenvalue weighted by Gasteiger charge is -2.20. The molecule has 0 aliphatic heterocycles. The Hall–Kier alpha value is -2.18. The third kappa shape index (κ3) is 51.1. The molecule has 0 spiro atoms. The van der Waals surface area contributed by atoms with Crippen molar-refractivity contribution >= 4 is 11.9 Å². The summed E-state index contributed by atoms with van der Waals surface area (Å²) in [6.07, 6.45) is 68.4. The maximum absolute atomic E-state index is 12.4. The molecule has 0 radical (unpaired) electrons. The summed E-state index contributed by atoms with van der Waals surface area (Å²) in [5.74, 6) is -0.0848. The van der Waals surface area contributed by atoms with Crippen LogP contribution in [0.3, 0.4) is 0 Å². The first kappa shape index (κ1) is 62.8. The van der Waals surface area contributed by atoms with Crippen LogP contribution >= 0.6 is 0 Å². The molecule has 0 aliphatic carbocycles. The number of hydrogen-bond acceptors (Lipinski definition) is 5. The van der Waals surface area contributed by atoms with E-state index < -0.39 is 12.1 Å². The van der Waals surface area contributed by atoms with Crippen LogP contribution in [0.1, 0.15) is 290 Å². The van der Waals surface area contributed by atoms with E-state index >= 15 is 0 Å². The van der Waals surface area contributed by atoms with E-state index in [1.165, 1.54) is 199 Å². The molecule has 0 fully saturated rings. The zero-order valence-corrected chi connectivity index (χ0v) is 43.2. The van der Waals surface area contributed by atoms with E-state index in [-0.39, 0.29) is 18.5 Å². The van der Waals surface area contributed by atoms with Crippen LogP contribution in [0.5, 0.6) is 0 Å². The molecule has 65 heavy (non-hydrogen) atoms. The van der Waals surface area contributed by atoms with Gasteiger partial charge in [-0.1, -0.05) is 236 Å². The number of ether oxygens (including phenoxy) is 1. The largest absolute Gasteiger partial charge is 0.466 e. The van der Waals surface area contributed by atoms with Crippen molar-refractivity contribution in [3.63, 3.8) is 0 Å². The van der Waals surface area contributed by atoms with Crippen molar-refractivity contribution in [2.75, 3.05) is 13.2 Å². The van der Waals surface area contributed by atoms with Gasteiger partial charge in [-0.05, 0) is 89.9 Å². The van der Waals surface area contributed by atoms with Gasteiger partial charge in [0.2, 0.25) is 5.91 Å². The number of carbonyl (C=O) groups excluding carboxylic acids is 2. The van der Waals surface area contributed by atoms with Crippen LogP contribution in [-0.2, 0) is 14.3 Å². The van der Waals surface area contributed by atoms with Gasteiger partial charge in [0, 0.05) is 12.8 Å². The average Bonchev–Trinajstić information content (AvgIpc) is 3.31. The zero-order chi connectivity index (χ0) is 47.2. The molecule has 0 aromatic heterocycles. The van der Waals surface area contributed by atoms with Crippen LogP contribution in [-0.4, -0.2) is 47.4 Å². The fraction of sp³-hybridized carbons (Fsp3) is 0.831. The SMILES string of the molecule is CCCCCC/C=C\C/C=C\CCCCCCCCCC(=O)OCCCCCCCCCC/C=C\CCCCCCCCCC(=O)NC(CO)C(O)/C=C/CCCCCCCCCCC. The van der Waals surface area contributed by atoms with Gasteiger partial charge in [0.15, 0.2) is 0 Å². The second-order valence-corrected chi connectivity index (χ2v) is 19.3. The first-order valence-electron chi connectivity index (χ1n) is 28.4. The van der Waals surface area contributed by atoms with Gasteiger partial charge in [-0.2, -0.15) is 0 Å². The number of aliphatic hydroxyl groups excluding tert-OH is 2. The second kappa shape index (κ2) is 54.4. The minimum atomic E-state index is -0.850.